The zero-order valence-electron chi connectivity index (χ0n) is 43.1. The second kappa shape index (κ2) is 44.5. The van der Waals surface area contributed by atoms with E-state index in [9.17, 15) is 14.4 Å². The topological polar surface area (TPSA) is 122 Å². The lowest BCUT2D eigenvalue weighted by Gasteiger charge is -2.36. The Balaban J connectivity index is 2.90. The molecule has 0 bridgehead atoms. The Bertz CT molecular complexity index is 993. The first kappa shape index (κ1) is 61.0. The molecule has 1 aliphatic heterocycles. The molecular weight excluding hydrogens is 825 g/mol. The average molecular weight is 927 g/mol. The number of nitrogens with zero attached hydrogens (tertiary/aromatic N) is 2. The Morgan fingerprint density at radius 1 is 0.462 bits per heavy atom. The summed E-state index contributed by atoms with van der Waals surface area (Å²) in [5.41, 5.74) is 0. The molecule has 1 heterocycles. The predicted molar refractivity (Wildman–Crippen MR) is 263 cm³/mol. The number of unbranched alkanes of at least 4 members (excludes halogenated alkanes) is 20. The number of ether oxygens (including phenoxy) is 7. The first-order chi connectivity index (χ1) is 31.8. The van der Waals surface area contributed by atoms with Crippen LogP contribution >= 0.6 is 0 Å². The van der Waals surface area contributed by atoms with Crippen molar-refractivity contribution in [1.82, 2.24) is 9.80 Å². The zero-order valence-corrected chi connectivity index (χ0v) is 43.1. The number of carbonyl (C=O) groups is 3. The van der Waals surface area contributed by atoms with Crippen LogP contribution in [0.25, 0.3) is 0 Å². The van der Waals surface area contributed by atoms with Crippen LogP contribution in [-0.4, -0.2) is 118 Å². The molecule has 0 radical (unpaired) electrons. The Hall–Kier alpha value is -1.99. The summed E-state index contributed by atoms with van der Waals surface area (Å²) < 4.78 is 42.4. The maximum Gasteiger partial charge on any atom is 0.410 e. The fourth-order valence-electron chi connectivity index (χ4n) is 8.19. The molecule has 0 unspecified atom stereocenters. The van der Waals surface area contributed by atoms with Gasteiger partial charge < -0.3 is 43.0 Å². The van der Waals surface area contributed by atoms with Gasteiger partial charge in [-0.3, -0.25) is 9.59 Å². The lowest BCUT2D eigenvalue weighted by atomic mass is 10.1. The standard InChI is InChI=1S/C53H102N2O10/c1-7-13-17-21-25-29-39-59-51(60-40-30-26-22-18-14-8-2)36-34-49(56)64-47-44-48(46-55(45-47)53(58)63-43-33-38-54(11-5)12-6)65-50(57)35-37-52(61-41-31-27-23-19-15-9-3)62-42-32-28-24-20-16-10-4/h47-48,51-52H,7-46H2,1-6H3/t47-,48-/m0/s1. The highest BCUT2D eigenvalue weighted by molar-refractivity contribution is 5.71. The van der Waals surface area contributed by atoms with Crippen LogP contribution in [0.4, 0.5) is 4.79 Å². The fraction of sp³-hybridized carbons (Fsp3) is 0.943. The van der Waals surface area contributed by atoms with Crippen molar-refractivity contribution in [3.63, 3.8) is 0 Å². The smallest absolute Gasteiger partial charge is 0.410 e. The lowest BCUT2D eigenvalue weighted by Crippen LogP contribution is -2.51. The Morgan fingerprint density at radius 2 is 0.800 bits per heavy atom. The summed E-state index contributed by atoms with van der Waals surface area (Å²) >= 11 is 0. The maximum atomic E-state index is 13.4. The molecule has 0 saturated carbocycles. The van der Waals surface area contributed by atoms with Crippen LogP contribution in [0, 0.1) is 0 Å². The Morgan fingerprint density at radius 3 is 1.14 bits per heavy atom. The Kier molecular flexibility index (Phi) is 41.8. The van der Waals surface area contributed by atoms with Gasteiger partial charge >= 0.3 is 18.0 Å². The average Bonchev–Trinajstić information content (AvgIpc) is 3.30. The van der Waals surface area contributed by atoms with Gasteiger partial charge in [-0.15, -0.1) is 0 Å². The number of hydrogen-bond acceptors (Lipinski definition) is 11. The minimum Gasteiger partial charge on any atom is -0.460 e. The van der Waals surface area contributed by atoms with Crippen molar-refractivity contribution < 1.29 is 47.5 Å². The fourth-order valence-corrected chi connectivity index (χ4v) is 8.19. The summed E-state index contributed by atoms with van der Waals surface area (Å²) in [6.07, 6.45) is 27.3. The number of esters is 2. The van der Waals surface area contributed by atoms with E-state index in [-0.39, 0.29) is 32.5 Å². The molecule has 12 nitrogen and oxygen atoms in total. The van der Waals surface area contributed by atoms with Gasteiger partial charge in [-0.25, -0.2) is 4.79 Å². The summed E-state index contributed by atoms with van der Waals surface area (Å²) in [5, 5.41) is 0. The van der Waals surface area contributed by atoms with Gasteiger partial charge in [0.15, 0.2) is 12.6 Å². The van der Waals surface area contributed by atoms with Crippen LogP contribution in [0.3, 0.4) is 0 Å². The molecule has 0 aromatic heterocycles. The first-order valence-electron chi connectivity index (χ1n) is 27.3. The third-order valence-electron chi connectivity index (χ3n) is 12.3. The third kappa shape index (κ3) is 35.8. The minimum atomic E-state index is -0.655. The molecule has 65 heavy (non-hydrogen) atoms. The monoisotopic (exact) mass is 927 g/mol. The van der Waals surface area contributed by atoms with Gasteiger partial charge in [0.2, 0.25) is 0 Å². The van der Waals surface area contributed by atoms with E-state index in [0.717, 1.165) is 71.0 Å². The van der Waals surface area contributed by atoms with E-state index >= 15 is 0 Å². The minimum absolute atomic E-state index is 0.118. The molecule has 1 aliphatic rings. The van der Waals surface area contributed by atoms with Crippen LogP contribution < -0.4 is 0 Å². The molecule has 1 rings (SSSR count). The molecule has 1 saturated heterocycles. The van der Waals surface area contributed by atoms with Crippen LogP contribution in [0.15, 0.2) is 0 Å². The first-order valence-corrected chi connectivity index (χ1v) is 27.3. The van der Waals surface area contributed by atoms with E-state index < -0.39 is 42.8 Å². The SMILES string of the molecule is CCCCCCCCOC(CCC(=O)O[C@H]1C[C@H](OC(=O)CCC(OCCCCCCCC)OCCCCCCCC)CN(C(=O)OCCCN(CC)CC)C1)OCCCCCCCC. The molecule has 0 aromatic carbocycles. The van der Waals surface area contributed by atoms with Gasteiger partial charge in [0.05, 0.1) is 32.5 Å². The van der Waals surface area contributed by atoms with Gasteiger partial charge in [0, 0.05) is 52.2 Å². The lowest BCUT2D eigenvalue weighted by molar-refractivity contribution is -0.170. The van der Waals surface area contributed by atoms with Crippen molar-refractivity contribution in [3.8, 4) is 0 Å². The summed E-state index contributed by atoms with van der Waals surface area (Å²) in [6, 6.07) is 0. The second-order valence-electron chi connectivity index (χ2n) is 18.3. The van der Waals surface area contributed by atoms with Crippen molar-refractivity contribution in [2.75, 3.05) is 65.8 Å². The summed E-state index contributed by atoms with van der Waals surface area (Å²) in [4.78, 5) is 44.1. The normalized spacial score (nSPS) is 15.4. The molecule has 0 N–H and O–H groups in total. The Labute approximate surface area is 399 Å². The largest absolute Gasteiger partial charge is 0.460 e. The van der Waals surface area contributed by atoms with Crippen molar-refractivity contribution in [3.05, 3.63) is 0 Å². The highest BCUT2D eigenvalue weighted by Crippen LogP contribution is 2.21. The second-order valence-corrected chi connectivity index (χ2v) is 18.3. The molecule has 12 heteroatoms. The van der Waals surface area contributed by atoms with Crippen molar-refractivity contribution in [2.45, 2.75) is 259 Å². The van der Waals surface area contributed by atoms with Gasteiger partial charge in [-0.05, 0) is 45.2 Å². The number of amides is 1. The number of hydrogen-bond donors (Lipinski definition) is 0. The van der Waals surface area contributed by atoms with Crippen molar-refractivity contribution >= 4 is 18.0 Å². The number of carbonyl (C=O) groups excluding carboxylic acids is 3. The van der Waals surface area contributed by atoms with Gasteiger partial charge in [0.1, 0.15) is 12.2 Å². The van der Waals surface area contributed by atoms with E-state index in [1.54, 1.807) is 0 Å². The molecule has 0 spiro atoms. The van der Waals surface area contributed by atoms with E-state index in [1.165, 1.54) is 108 Å². The van der Waals surface area contributed by atoms with Crippen LogP contribution in [0.5, 0.6) is 0 Å². The number of likely N-dealkylation sites (tertiary alicyclic amines) is 1. The van der Waals surface area contributed by atoms with E-state index in [2.05, 4.69) is 46.4 Å². The van der Waals surface area contributed by atoms with Crippen LogP contribution in [0.1, 0.15) is 234 Å². The summed E-state index contributed by atoms with van der Waals surface area (Å²) in [6.45, 7) is 18.8. The number of rotatable bonds is 46. The molecule has 384 valence electrons. The van der Waals surface area contributed by atoms with Crippen molar-refractivity contribution in [2.24, 2.45) is 0 Å². The molecule has 0 aromatic rings. The van der Waals surface area contributed by atoms with Gasteiger partial charge in [-0.1, -0.05) is 170 Å². The van der Waals surface area contributed by atoms with E-state index in [4.69, 9.17) is 33.2 Å². The molecule has 1 amide bonds. The van der Waals surface area contributed by atoms with Crippen LogP contribution in [0.2, 0.25) is 0 Å². The van der Waals surface area contributed by atoms with Crippen molar-refractivity contribution in [1.29, 1.82) is 0 Å². The highest BCUT2D eigenvalue weighted by atomic mass is 16.7. The van der Waals surface area contributed by atoms with E-state index in [1.807, 2.05) is 0 Å². The molecular formula is C53H102N2O10. The molecule has 2 atom stereocenters. The quantitative estimate of drug-likeness (QED) is 0.0251. The van der Waals surface area contributed by atoms with Gasteiger partial charge in [-0.2, -0.15) is 0 Å². The summed E-state index contributed by atoms with van der Waals surface area (Å²) in [5.74, 6) is -0.780. The number of piperidine rings is 1. The van der Waals surface area contributed by atoms with Crippen LogP contribution in [-0.2, 0) is 42.7 Å². The molecule has 0 aliphatic carbocycles. The van der Waals surface area contributed by atoms with E-state index in [0.29, 0.717) is 52.1 Å². The highest BCUT2D eigenvalue weighted by Gasteiger charge is 2.35. The maximum absolute atomic E-state index is 13.4. The summed E-state index contributed by atoms with van der Waals surface area (Å²) in [7, 11) is 0. The van der Waals surface area contributed by atoms with Gasteiger partial charge in [0.25, 0.3) is 0 Å². The molecule has 1 fully saturated rings. The third-order valence-corrected chi connectivity index (χ3v) is 12.3. The predicted octanol–water partition coefficient (Wildman–Crippen LogP) is 13.1. The zero-order chi connectivity index (χ0) is 47.4.